The van der Waals surface area contributed by atoms with Gasteiger partial charge in [-0.15, -0.1) is 0 Å². The molecule has 2 saturated carbocycles. The third-order valence-corrected chi connectivity index (χ3v) is 3.39. The first-order valence-electron chi connectivity index (χ1n) is 5.16. The highest BCUT2D eigenvalue weighted by Gasteiger charge is 2.44. The van der Waals surface area contributed by atoms with Gasteiger partial charge in [-0.1, -0.05) is 0 Å². The van der Waals surface area contributed by atoms with Crippen LogP contribution in [-0.4, -0.2) is 31.1 Å². The zero-order valence-corrected chi connectivity index (χ0v) is 8.05. The zero-order chi connectivity index (χ0) is 8.60. The van der Waals surface area contributed by atoms with Crippen LogP contribution >= 0.6 is 0 Å². The Hall–Kier alpha value is -0.0800. The molecule has 2 heteroatoms. The van der Waals surface area contributed by atoms with E-state index in [1.54, 1.807) is 0 Å². The molecule has 70 valence electrons. The average Bonchev–Trinajstić information content (AvgIpc) is 2.79. The van der Waals surface area contributed by atoms with E-state index < -0.39 is 0 Å². The van der Waals surface area contributed by atoms with Crippen molar-refractivity contribution < 1.29 is 0 Å². The summed E-state index contributed by atoms with van der Waals surface area (Å²) in [5.41, 5.74) is 6.25. The second kappa shape index (κ2) is 3.00. The van der Waals surface area contributed by atoms with Crippen molar-refractivity contribution in [3.63, 3.8) is 0 Å². The van der Waals surface area contributed by atoms with Crippen LogP contribution in [0.3, 0.4) is 0 Å². The molecule has 0 unspecified atom stereocenters. The van der Waals surface area contributed by atoms with Crippen molar-refractivity contribution in [3.8, 4) is 0 Å². The Bertz CT molecular complexity index is 159. The van der Waals surface area contributed by atoms with E-state index in [1.807, 2.05) is 0 Å². The topological polar surface area (TPSA) is 29.3 Å². The molecule has 2 aliphatic rings. The fraction of sp³-hybridized carbons (Fsp3) is 1.00. The van der Waals surface area contributed by atoms with Gasteiger partial charge < -0.3 is 10.6 Å². The van der Waals surface area contributed by atoms with Crippen LogP contribution in [-0.2, 0) is 0 Å². The summed E-state index contributed by atoms with van der Waals surface area (Å²) in [5, 5.41) is 0. The van der Waals surface area contributed by atoms with E-state index in [-0.39, 0.29) is 0 Å². The first-order chi connectivity index (χ1) is 5.76. The Kier molecular flexibility index (Phi) is 2.13. The summed E-state index contributed by atoms with van der Waals surface area (Å²) in [4.78, 5) is 2.54. The molecule has 0 aromatic rings. The zero-order valence-electron chi connectivity index (χ0n) is 8.05. The lowest BCUT2D eigenvalue weighted by Crippen LogP contribution is -2.29. The summed E-state index contributed by atoms with van der Waals surface area (Å²) in [6, 6.07) is 0.917. The summed E-state index contributed by atoms with van der Waals surface area (Å²) in [6.45, 7) is 2.17. The average molecular weight is 168 g/mol. The Balaban J connectivity index is 1.76. The quantitative estimate of drug-likeness (QED) is 0.668. The first kappa shape index (κ1) is 8.52. The Morgan fingerprint density at radius 1 is 1.42 bits per heavy atom. The SMILES string of the molecule is CN(CC1(CCN)CC1)C1CC1. The maximum Gasteiger partial charge on any atom is 0.00936 e. The fourth-order valence-electron chi connectivity index (χ4n) is 2.14. The number of hydrogen-bond donors (Lipinski definition) is 1. The fourth-order valence-corrected chi connectivity index (χ4v) is 2.14. The smallest absolute Gasteiger partial charge is 0.00936 e. The van der Waals surface area contributed by atoms with Crippen molar-refractivity contribution in [2.75, 3.05) is 20.1 Å². The van der Waals surface area contributed by atoms with E-state index in [9.17, 15) is 0 Å². The monoisotopic (exact) mass is 168 g/mol. The predicted octanol–water partition coefficient (Wildman–Crippen LogP) is 1.21. The summed E-state index contributed by atoms with van der Waals surface area (Å²) >= 11 is 0. The van der Waals surface area contributed by atoms with Gasteiger partial charge in [0.2, 0.25) is 0 Å². The van der Waals surface area contributed by atoms with Gasteiger partial charge in [-0.3, -0.25) is 0 Å². The van der Waals surface area contributed by atoms with Crippen LogP contribution in [0.25, 0.3) is 0 Å². The van der Waals surface area contributed by atoms with Gasteiger partial charge >= 0.3 is 0 Å². The van der Waals surface area contributed by atoms with Gasteiger partial charge in [-0.25, -0.2) is 0 Å². The number of rotatable bonds is 5. The summed E-state index contributed by atoms with van der Waals surface area (Å²) < 4.78 is 0. The largest absolute Gasteiger partial charge is 0.330 e. The van der Waals surface area contributed by atoms with Gasteiger partial charge in [0.15, 0.2) is 0 Å². The van der Waals surface area contributed by atoms with Crippen molar-refractivity contribution >= 4 is 0 Å². The van der Waals surface area contributed by atoms with Crippen molar-refractivity contribution in [1.29, 1.82) is 0 Å². The van der Waals surface area contributed by atoms with Crippen LogP contribution < -0.4 is 5.73 Å². The highest BCUT2D eigenvalue weighted by molar-refractivity contribution is 4.97. The van der Waals surface area contributed by atoms with Crippen LogP contribution in [0.1, 0.15) is 32.1 Å². The van der Waals surface area contributed by atoms with E-state index in [0.29, 0.717) is 5.41 Å². The molecule has 0 radical (unpaired) electrons. The standard InChI is InChI=1S/C10H20N2/c1-12(9-2-3-9)8-10(4-5-10)6-7-11/h9H,2-8,11H2,1H3. The molecule has 2 nitrogen and oxygen atoms in total. The molecule has 0 bridgehead atoms. The van der Waals surface area contributed by atoms with Crippen molar-refractivity contribution in [1.82, 2.24) is 4.90 Å². The normalized spacial score (nSPS) is 26.2. The highest BCUT2D eigenvalue weighted by Crippen LogP contribution is 2.49. The second-order valence-corrected chi connectivity index (χ2v) is 4.68. The molecule has 0 heterocycles. The number of nitrogens with two attached hydrogens (primary N) is 1. The molecule has 2 fully saturated rings. The Morgan fingerprint density at radius 3 is 2.50 bits per heavy atom. The lowest BCUT2D eigenvalue weighted by atomic mass is 10.0. The van der Waals surface area contributed by atoms with Gasteiger partial charge in [0.05, 0.1) is 0 Å². The van der Waals surface area contributed by atoms with Crippen molar-refractivity contribution in [2.45, 2.75) is 38.1 Å². The molecule has 0 spiro atoms. The number of hydrogen-bond acceptors (Lipinski definition) is 2. The van der Waals surface area contributed by atoms with Crippen LogP contribution in [0.2, 0.25) is 0 Å². The predicted molar refractivity (Wildman–Crippen MR) is 51.0 cm³/mol. The molecule has 12 heavy (non-hydrogen) atoms. The van der Waals surface area contributed by atoms with Gasteiger partial charge in [0.25, 0.3) is 0 Å². The minimum Gasteiger partial charge on any atom is -0.330 e. The van der Waals surface area contributed by atoms with Gasteiger partial charge in [0.1, 0.15) is 0 Å². The third kappa shape index (κ3) is 1.80. The van der Waals surface area contributed by atoms with Gasteiger partial charge in [0, 0.05) is 12.6 Å². The van der Waals surface area contributed by atoms with Crippen molar-refractivity contribution in [2.24, 2.45) is 11.1 Å². The minimum atomic E-state index is 0.645. The second-order valence-electron chi connectivity index (χ2n) is 4.68. The van der Waals surface area contributed by atoms with Crippen LogP contribution in [0.5, 0.6) is 0 Å². The lowest BCUT2D eigenvalue weighted by molar-refractivity contribution is 0.246. The molecule has 0 saturated heterocycles. The minimum absolute atomic E-state index is 0.645. The summed E-state index contributed by atoms with van der Waals surface area (Å²) in [7, 11) is 2.27. The third-order valence-electron chi connectivity index (χ3n) is 3.39. The molecular formula is C10H20N2. The molecule has 0 aromatic heterocycles. The molecular weight excluding hydrogens is 148 g/mol. The Labute approximate surface area is 75.1 Å². The molecule has 2 aliphatic carbocycles. The maximum absolute atomic E-state index is 5.60. The molecule has 2 N–H and O–H groups in total. The van der Waals surface area contributed by atoms with Crippen LogP contribution in [0.4, 0.5) is 0 Å². The van der Waals surface area contributed by atoms with Crippen LogP contribution in [0.15, 0.2) is 0 Å². The van der Waals surface area contributed by atoms with E-state index in [4.69, 9.17) is 5.73 Å². The van der Waals surface area contributed by atoms with E-state index in [1.165, 1.54) is 38.6 Å². The molecule has 0 aromatic carbocycles. The lowest BCUT2D eigenvalue weighted by Gasteiger charge is -2.22. The van der Waals surface area contributed by atoms with Gasteiger partial charge in [-0.2, -0.15) is 0 Å². The molecule has 0 atom stereocenters. The summed E-state index contributed by atoms with van der Waals surface area (Å²) in [5.74, 6) is 0. The maximum atomic E-state index is 5.60. The summed E-state index contributed by atoms with van der Waals surface area (Å²) in [6.07, 6.45) is 6.93. The molecule has 2 rings (SSSR count). The first-order valence-corrected chi connectivity index (χ1v) is 5.16. The molecule has 0 aliphatic heterocycles. The van der Waals surface area contributed by atoms with Crippen molar-refractivity contribution in [3.05, 3.63) is 0 Å². The van der Waals surface area contributed by atoms with E-state index >= 15 is 0 Å². The highest BCUT2D eigenvalue weighted by atomic mass is 15.2. The van der Waals surface area contributed by atoms with Gasteiger partial charge in [-0.05, 0) is 51.1 Å². The Morgan fingerprint density at radius 2 is 2.08 bits per heavy atom. The number of nitrogens with zero attached hydrogens (tertiary/aromatic N) is 1. The molecule has 0 amide bonds. The van der Waals surface area contributed by atoms with E-state index in [0.717, 1.165) is 12.6 Å². The van der Waals surface area contributed by atoms with Crippen LogP contribution in [0, 0.1) is 5.41 Å². The van der Waals surface area contributed by atoms with E-state index in [2.05, 4.69) is 11.9 Å².